The second-order valence-corrected chi connectivity index (χ2v) is 5.79. The monoisotopic (exact) mass is 292 g/mol. The van der Waals surface area contributed by atoms with Gasteiger partial charge in [0.1, 0.15) is 0 Å². The number of aromatic carboxylic acids is 1. The van der Waals surface area contributed by atoms with Crippen LogP contribution in [0.1, 0.15) is 16.8 Å². The number of anilines is 1. The van der Waals surface area contributed by atoms with Crippen LogP contribution in [0.15, 0.2) is 18.2 Å². The van der Waals surface area contributed by atoms with Crippen molar-refractivity contribution in [3.63, 3.8) is 0 Å². The highest BCUT2D eigenvalue weighted by atomic mass is 35.5. The van der Waals surface area contributed by atoms with E-state index in [0.717, 1.165) is 0 Å². The number of nitrogens with one attached hydrogen (secondary N) is 1. The zero-order chi connectivity index (χ0) is 13.8. The second-order valence-electron chi connectivity index (χ2n) is 3.65. The smallest absolute Gasteiger partial charge is 0.337 e. The second kappa shape index (κ2) is 6.03. The van der Waals surface area contributed by atoms with Gasteiger partial charge in [-0.05, 0) is 24.6 Å². The van der Waals surface area contributed by atoms with Gasteiger partial charge in [-0.3, -0.25) is 0 Å². The number of hydrogen-bond donors (Lipinski definition) is 3. The minimum Gasteiger partial charge on any atom is -0.478 e. The van der Waals surface area contributed by atoms with Crippen LogP contribution in [-0.2, 0) is 10.0 Å². The molecule has 6 nitrogen and oxygen atoms in total. The Morgan fingerprint density at radius 3 is 2.61 bits per heavy atom. The van der Waals surface area contributed by atoms with Crippen molar-refractivity contribution in [2.24, 2.45) is 5.14 Å². The molecule has 0 aliphatic carbocycles. The molecule has 0 amide bonds. The van der Waals surface area contributed by atoms with E-state index in [1.54, 1.807) is 6.07 Å². The average molecular weight is 293 g/mol. The van der Waals surface area contributed by atoms with Crippen LogP contribution in [-0.4, -0.2) is 31.8 Å². The lowest BCUT2D eigenvalue weighted by Crippen LogP contribution is -2.18. The first-order valence-corrected chi connectivity index (χ1v) is 7.16. The molecule has 0 aromatic heterocycles. The normalized spacial score (nSPS) is 11.2. The minimum absolute atomic E-state index is 0.0201. The first-order valence-electron chi connectivity index (χ1n) is 5.07. The van der Waals surface area contributed by atoms with E-state index in [0.29, 0.717) is 18.7 Å². The number of primary sulfonamides is 1. The molecule has 0 atom stereocenters. The fraction of sp³-hybridized carbons (Fsp3) is 0.300. The molecule has 0 fully saturated rings. The van der Waals surface area contributed by atoms with Crippen LogP contribution < -0.4 is 10.5 Å². The van der Waals surface area contributed by atoms with Gasteiger partial charge in [-0.15, -0.1) is 0 Å². The summed E-state index contributed by atoms with van der Waals surface area (Å²) < 4.78 is 21.4. The van der Waals surface area contributed by atoms with Crippen LogP contribution in [0.25, 0.3) is 0 Å². The molecule has 0 unspecified atom stereocenters. The van der Waals surface area contributed by atoms with E-state index in [-0.39, 0.29) is 16.3 Å². The Morgan fingerprint density at radius 1 is 1.44 bits per heavy atom. The Morgan fingerprint density at radius 2 is 2.11 bits per heavy atom. The van der Waals surface area contributed by atoms with Crippen LogP contribution >= 0.6 is 11.6 Å². The van der Waals surface area contributed by atoms with Crippen LogP contribution in [0.3, 0.4) is 0 Å². The summed E-state index contributed by atoms with van der Waals surface area (Å²) in [4.78, 5) is 10.7. The number of sulfonamides is 1. The maximum Gasteiger partial charge on any atom is 0.337 e. The van der Waals surface area contributed by atoms with Gasteiger partial charge in [0.25, 0.3) is 0 Å². The van der Waals surface area contributed by atoms with Crippen LogP contribution in [0.4, 0.5) is 5.69 Å². The Balaban J connectivity index is 2.54. The molecule has 0 saturated carbocycles. The van der Waals surface area contributed by atoms with Gasteiger partial charge in [-0.25, -0.2) is 18.4 Å². The first-order chi connectivity index (χ1) is 8.29. The lowest BCUT2D eigenvalue weighted by Gasteiger charge is -2.07. The number of benzene rings is 1. The zero-order valence-electron chi connectivity index (χ0n) is 9.39. The van der Waals surface area contributed by atoms with E-state index in [1.165, 1.54) is 12.1 Å². The fourth-order valence-corrected chi connectivity index (χ4v) is 2.11. The molecule has 0 heterocycles. The minimum atomic E-state index is -3.45. The number of carboxylic acids is 1. The number of carbonyl (C=O) groups is 1. The SMILES string of the molecule is NS(=O)(=O)CCCNc1ccc(C(=O)O)c(Cl)c1. The molecular formula is C10H13ClN2O4S. The molecule has 0 radical (unpaired) electrons. The summed E-state index contributed by atoms with van der Waals surface area (Å²) in [5.41, 5.74) is 0.645. The van der Waals surface area contributed by atoms with E-state index in [2.05, 4.69) is 5.32 Å². The highest BCUT2D eigenvalue weighted by molar-refractivity contribution is 7.89. The van der Waals surface area contributed by atoms with E-state index >= 15 is 0 Å². The predicted octanol–water partition coefficient (Wildman–Crippen LogP) is 1.13. The Labute approximate surface area is 110 Å². The van der Waals surface area contributed by atoms with Gasteiger partial charge in [-0.1, -0.05) is 11.6 Å². The highest BCUT2D eigenvalue weighted by Gasteiger charge is 2.08. The van der Waals surface area contributed by atoms with Crippen molar-refractivity contribution in [3.05, 3.63) is 28.8 Å². The molecule has 0 saturated heterocycles. The summed E-state index contributed by atoms with van der Waals surface area (Å²) in [7, 11) is -3.45. The lowest BCUT2D eigenvalue weighted by atomic mass is 10.2. The number of halogens is 1. The van der Waals surface area contributed by atoms with Crippen molar-refractivity contribution >= 4 is 33.3 Å². The molecule has 4 N–H and O–H groups in total. The summed E-state index contributed by atoms with van der Waals surface area (Å²) in [6, 6.07) is 4.42. The van der Waals surface area contributed by atoms with Gasteiger partial charge in [0.05, 0.1) is 16.3 Å². The third-order valence-electron chi connectivity index (χ3n) is 2.13. The van der Waals surface area contributed by atoms with Crippen molar-refractivity contribution in [1.82, 2.24) is 0 Å². The summed E-state index contributed by atoms with van der Waals surface area (Å²) in [5.74, 6) is -1.21. The van der Waals surface area contributed by atoms with Gasteiger partial charge in [0.2, 0.25) is 10.0 Å². The average Bonchev–Trinajstić information content (AvgIpc) is 2.22. The number of hydrogen-bond acceptors (Lipinski definition) is 4. The van der Waals surface area contributed by atoms with Crippen molar-refractivity contribution in [2.75, 3.05) is 17.6 Å². The summed E-state index contributed by atoms with van der Waals surface area (Å²) in [6.07, 6.45) is 0.358. The van der Waals surface area contributed by atoms with Crippen molar-refractivity contribution < 1.29 is 18.3 Å². The number of rotatable bonds is 6. The molecule has 0 spiro atoms. The molecule has 0 bridgehead atoms. The Bertz CT molecular complexity index is 545. The molecule has 1 aromatic carbocycles. The summed E-state index contributed by atoms with van der Waals surface area (Å²) >= 11 is 5.77. The van der Waals surface area contributed by atoms with Crippen LogP contribution in [0.5, 0.6) is 0 Å². The third-order valence-corrected chi connectivity index (χ3v) is 3.30. The fourth-order valence-electron chi connectivity index (χ4n) is 1.30. The lowest BCUT2D eigenvalue weighted by molar-refractivity contribution is 0.0697. The maximum absolute atomic E-state index is 10.7. The molecule has 0 aliphatic rings. The quantitative estimate of drug-likeness (QED) is 0.681. The summed E-state index contributed by atoms with van der Waals surface area (Å²) in [5, 5.41) is 16.7. The van der Waals surface area contributed by atoms with Crippen LogP contribution in [0.2, 0.25) is 5.02 Å². The highest BCUT2D eigenvalue weighted by Crippen LogP contribution is 2.20. The predicted molar refractivity (Wildman–Crippen MR) is 69.5 cm³/mol. The van der Waals surface area contributed by atoms with E-state index in [4.69, 9.17) is 21.8 Å². The van der Waals surface area contributed by atoms with Gasteiger partial charge >= 0.3 is 5.97 Å². The molecule has 18 heavy (non-hydrogen) atoms. The molecule has 8 heteroatoms. The first kappa shape index (κ1) is 14.7. The van der Waals surface area contributed by atoms with E-state index in [9.17, 15) is 13.2 Å². The third kappa shape index (κ3) is 4.91. The van der Waals surface area contributed by atoms with E-state index in [1.807, 2.05) is 0 Å². The Hall–Kier alpha value is -1.31. The summed E-state index contributed by atoms with van der Waals surface area (Å²) in [6.45, 7) is 0.402. The zero-order valence-corrected chi connectivity index (χ0v) is 11.0. The van der Waals surface area contributed by atoms with Gasteiger partial charge in [-0.2, -0.15) is 0 Å². The van der Waals surface area contributed by atoms with Crippen molar-refractivity contribution in [3.8, 4) is 0 Å². The van der Waals surface area contributed by atoms with Gasteiger partial charge in [0.15, 0.2) is 0 Å². The Kier molecular flexibility index (Phi) is 4.94. The maximum atomic E-state index is 10.7. The topological polar surface area (TPSA) is 109 Å². The van der Waals surface area contributed by atoms with Gasteiger partial charge in [0, 0.05) is 12.2 Å². The molecule has 1 aromatic rings. The number of carboxylic acid groups (broad SMARTS) is 1. The van der Waals surface area contributed by atoms with E-state index < -0.39 is 16.0 Å². The number of nitrogens with two attached hydrogens (primary N) is 1. The standard InChI is InChI=1S/C10H13ClN2O4S/c11-9-6-7(2-3-8(9)10(14)15)13-4-1-5-18(12,16)17/h2-3,6,13H,1,4-5H2,(H,14,15)(H2,12,16,17). The molecule has 0 aliphatic heterocycles. The molecule has 1 rings (SSSR count). The molecule has 100 valence electrons. The molecular weight excluding hydrogens is 280 g/mol. The van der Waals surface area contributed by atoms with Crippen LogP contribution in [0, 0.1) is 0 Å². The van der Waals surface area contributed by atoms with Crippen molar-refractivity contribution in [1.29, 1.82) is 0 Å². The van der Waals surface area contributed by atoms with Crippen molar-refractivity contribution in [2.45, 2.75) is 6.42 Å². The largest absolute Gasteiger partial charge is 0.478 e. The van der Waals surface area contributed by atoms with Gasteiger partial charge < -0.3 is 10.4 Å².